The Labute approximate surface area is 120 Å². The highest BCUT2D eigenvalue weighted by atomic mass is 16.3. The van der Waals surface area contributed by atoms with Crippen molar-refractivity contribution in [2.45, 2.75) is 37.8 Å². The normalized spacial score (nSPS) is 25.8. The standard InChI is InChI=1S/C16H23NO3/c1-16(20,11-18)10-13-9-14(17(2)15(13)19)8-12-6-4-3-5-7-12/h3-7,13-14,18,20H,8-11H2,1-2H3/t13?,14-,16?/m0/s1. The number of amides is 1. The average Bonchev–Trinajstić information content (AvgIpc) is 2.68. The molecule has 2 unspecified atom stereocenters. The molecule has 4 nitrogen and oxygen atoms in total. The fraction of sp³-hybridized carbons (Fsp3) is 0.562. The lowest BCUT2D eigenvalue weighted by atomic mass is 9.89. The molecule has 1 amide bonds. The van der Waals surface area contributed by atoms with Crippen molar-refractivity contribution in [1.82, 2.24) is 4.90 Å². The number of carbonyl (C=O) groups is 1. The van der Waals surface area contributed by atoms with E-state index in [-0.39, 0.29) is 24.5 Å². The summed E-state index contributed by atoms with van der Waals surface area (Å²) in [4.78, 5) is 14.0. The van der Waals surface area contributed by atoms with Crippen LogP contribution in [0.25, 0.3) is 0 Å². The number of rotatable bonds is 5. The summed E-state index contributed by atoms with van der Waals surface area (Å²) in [5.41, 5.74) is 0.0368. The highest BCUT2D eigenvalue weighted by Crippen LogP contribution is 2.31. The zero-order valence-electron chi connectivity index (χ0n) is 12.1. The first-order chi connectivity index (χ1) is 9.43. The number of likely N-dealkylation sites (N-methyl/N-ethyl adjacent to an activating group) is 1. The first kappa shape index (κ1) is 15.0. The Bertz CT molecular complexity index is 458. The third kappa shape index (κ3) is 3.38. The molecule has 1 aromatic carbocycles. The summed E-state index contributed by atoms with van der Waals surface area (Å²) >= 11 is 0. The smallest absolute Gasteiger partial charge is 0.225 e. The van der Waals surface area contributed by atoms with Crippen molar-refractivity contribution in [3.8, 4) is 0 Å². The predicted molar refractivity (Wildman–Crippen MR) is 77.1 cm³/mol. The summed E-state index contributed by atoms with van der Waals surface area (Å²) in [7, 11) is 1.82. The van der Waals surface area contributed by atoms with E-state index < -0.39 is 5.60 Å². The van der Waals surface area contributed by atoms with Gasteiger partial charge in [-0.15, -0.1) is 0 Å². The van der Waals surface area contributed by atoms with Crippen molar-refractivity contribution >= 4 is 5.91 Å². The maximum Gasteiger partial charge on any atom is 0.225 e. The van der Waals surface area contributed by atoms with Gasteiger partial charge in [0.25, 0.3) is 0 Å². The number of likely N-dealkylation sites (tertiary alicyclic amines) is 1. The number of hydrogen-bond donors (Lipinski definition) is 2. The molecule has 0 saturated carbocycles. The third-order valence-electron chi connectivity index (χ3n) is 4.14. The minimum atomic E-state index is -1.18. The Balaban J connectivity index is 2.02. The van der Waals surface area contributed by atoms with E-state index in [1.165, 1.54) is 5.56 Å². The van der Waals surface area contributed by atoms with Gasteiger partial charge >= 0.3 is 0 Å². The summed E-state index contributed by atoms with van der Waals surface area (Å²) in [5.74, 6) is -0.129. The fourth-order valence-electron chi connectivity index (χ4n) is 2.93. The first-order valence-electron chi connectivity index (χ1n) is 7.07. The SMILES string of the molecule is CN1C(=O)C(CC(C)(O)CO)C[C@@H]1Cc1ccccc1. The van der Waals surface area contributed by atoms with E-state index in [0.717, 1.165) is 12.8 Å². The maximum atomic E-state index is 12.2. The van der Waals surface area contributed by atoms with Gasteiger partial charge in [0.1, 0.15) is 0 Å². The van der Waals surface area contributed by atoms with E-state index >= 15 is 0 Å². The van der Waals surface area contributed by atoms with Crippen molar-refractivity contribution in [1.29, 1.82) is 0 Å². The largest absolute Gasteiger partial charge is 0.393 e. The van der Waals surface area contributed by atoms with Gasteiger partial charge < -0.3 is 15.1 Å². The molecule has 2 rings (SSSR count). The van der Waals surface area contributed by atoms with Crippen LogP contribution in [-0.2, 0) is 11.2 Å². The fourth-order valence-corrected chi connectivity index (χ4v) is 2.93. The van der Waals surface area contributed by atoms with Gasteiger partial charge in [-0.05, 0) is 31.7 Å². The van der Waals surface area contributed by atoms with E-state index in [1.807, 2.05) is 25.2 Å². The van der Waals surface area contributed by atoms with Crippen molar-refractivity contribution in [2.75, 3.05) is 13.7 Å². The Morgan fingerprint density at radius 3 is 2.60 bits per heavy atom. The van der Waals surface area contributed by atoms with Crippen molar-refractivity contribution in [2.24, 2.45) is 5.92 Å². The van der Waals surface area contributed by atoms with Crippen LogP contribution in [0.4, 0.5) is 0 Å². The van der Waals surface area contributed by atoms with Crippen molar-refractivity contribution in [3.63, 3.8) is 0 Å². The molecule has 3 atom stereocenters. The van der Waals surface area contributed by atoms with Crippen molar-refractivity contribution < 1.29 is 15.0 Å². The molecule has 1 saturated heterocycles. The van der Waals surface area contributed by atoms with Gasteiger partial charge in [-0.3, -0.25) is 4.79 Å². The summed E-state index contributed by atoms with van der Waals surface area (Å²) < 4.78 is 0. The molecule has 0 radical (unpaired) electrons. The molecule has 2 N–H and O–H groups in total. The van der Waals surface area contributed by atoms with Crippen LogP contribution in [-0.4, -0.2) is 46.3 Å². The molecule has 0 aromatic heterocycles. The second-order valence-corrected chi connectivity index (χ2v) is 6.08. The van der Waals surface area contributed by atoms with E-state index in [0.29, 0.717) is 6.42 Å². The lowest BCUT2D eigenvalue weighted by molar-refractivity contribution is -0.132. The first-order valence-corrected chi connectivity index (χ1v) is 7.07. The number of aliphatic hydroxyl groups is 2. The number of benzene rings is 1. The lowest BCUT2D eigenvalue weighted by Crippen LogP contribution is -2.35. The zero-order chi connectivity index (χ0) is 14.8. The Morgan fingerprint density at radius 2 is 2.00 bits per heavy atom. The Hall–Kier alpha value is -1.39. The van der Waals surface area contributed by atoms with E-state index in [9.17, 15) is 9.90 Å². The quantitative estimate of drug-likeness (QED) is 0.850. The second-order valence-electron chi connectivity index (χ2n) is 6.08. The zero-order valence-corrected chi connectivity index (χ0v) is 12.1. The minimum Gasteiger partial charge on any atom is -0.393 e. The Kier molecular flexibility index (Phi) is 4.45. The van der Waals surface area contributed by atoms with Crippen LogP contribution in [0.15, 0.2) is 30.3 Å². The molecule has 1 aliphatic heterocycles. The van der Waals surface area contributed by atoms with Gasteiger partial charge in [-0.2, -0.15) is 0 Å². The monoisotopic (exact) mass is 277 g/mol. The number of hydrogen-bond acceptors (Lipinski definition) is 3. The van der Waals surface area contributed by atoms with Crippen LogP contribution in [0.1, 0.15) is 25.3 Å². The molecule has 4 heteroatoms. The van der Waals surface area contributed by atoms with Gasteiger partial charge in [0.15, 0.2) is 0 Å². The van der Waals surface area contributed by atoms with Crippen LogP contribution < -0.4 is 0 Å². The third-order valence-corrected chi connectivity index (χ3v) is 4.14. The molecule has 1 aliphatic rings. The van der Waals surface area contributed by atoms with Gasteiger partial charge in [-0.1, -0.05) is 30.3 Å². The summed E-state index contributed by atoms with van der Waals surface area (Å²) in [5, 5.41) is 19.1. The van der Waals surface area contributed by atoms with E-state index in [1.54, 1.807) is 11.8 Å². The summed E-state index contributed by atoms with van der Waals surface area (Å²) in [6, 6.07) is 10.3. The molecule has 1 heterocycles. The van der Waals surface area contributed by atoms with Crippen molar-refractivity contribution in [3.05, 3.63) is 35.9 Å². The molecule has 20 heavy (non-hydrogen) atoms. The lowest BCUT2D eigenvalue weighted by Gasteiger charge is -2.23. The minimum absolute atomic E-state index is 0.0691. The van der Waals surface area contributed by atoms with Crippen LogP contribution in [0, 0.1) is 5.92 Å². The molecular weight excluding hydrogens is 254 g/mol. The highest BCUT2D eigenvalue weighted by molar-refractivity contribution is 5.81. The van der Waals surface area contributed by atoms with Gasteiger partial charge in [0.2, 0.25) is 5.91 Å². The predicted octanol–water partition coefficient (Wildman–Crippen LogP) is 1.21. The van der Waals surface area contributed by atoms with Crippen LogP contribution in [0.5, 0.6) is 0 Å². The average molecular weight is 277 g/mol. The molecule has 110 valence electrons. The topological polar surface area (TPSA) is 60.8 Å². The van der Waals surface area contributed by atoms with E-state index in [2.05, 4.69) is 12.1 Å². The molecule has 1 aromatic rings. The van der Waals surface area contributed by atoms with Gasteiger partial charge in [0, 0.05) is 19.0 Å². The van der Waals surface area contributed by atoms with Gasteiger partial charge in [0.05, 0.1) is 12.2 Å². The number of carbonyl (C=O) groups excluding carboxylic acids is 1. The van der Waals surface area contributed by atoms with Crippen LogP contribution >= 0.6 is 0 Å². The Morgan fingerprint density at radius 1 is 1.35 bits per heavy atom. The maximum absolute atomic E-state index is 12.2. The summed E-state index contributed by atoms with van der Waals surface area (Å²) in [6.45, 7) is 1.26. The number of nitrogens with zero attached hydrogens (tertiary/aromatic N) is 1. The van der Waals surface area contributed by atoms with Crippen LogP contribution in [0.3, 0.4) is 0 Å². The second kappa shape index (κ2) is 5.94. The molecule has 0 aliphatic carbocycles. The van der Waals surface area contributed by atoms with Gasteiger partial charge in [-0.25, -0.2) is 0 Å². The summed E-state index contributed by atoms with van der Waals surface area (Å²) in [6.07, 6.45) is 1.89. The van der Waals surface area contributed by atoms with E-state index in [4.69, 9.17) is 5.11 Å². The molecule has 1 fully saturated rings. The van der Waals surface area contributed by atoms with Crippen LogP contribution in [0.2, 0.25) is 0 Å². The highest BCUT2D eigenvalue weighted by Gasteiger charge is 2.40. The molecular formula is C16H23NO3. The molecule has 0 spiro atoms. The molecule has 0 bridgehead atoms. The number of aliphatic hydroxyl groups excluding tert-OH is 1.